The van der Waals surface area contributed by atoms with Crippen LogP contribution in [0.3, 0.4) is 0 Å². The average Bonchev–Trinajstić information content (AvgIpc) is 2.43. The molecule has 1 fully saturated rings. The standard InChI is InChI=1S/C16H25NO2/c1-13-8-9-17(12-14(13)2)10-11-19-16-7-5-4-6-15(16)18-3/h4-7,13-14H,8-12H2,1-3H3/t13-,14-/m0/s1. The molecule has 0 aromatic heterocycles. The molecule has 0 amide bonds. The van der Waals surface area contributed by atoms with E-state index in [1.807, 2.05) is 24.3 Å². The summed E-state index contributed by atoms with van der Waals surface area (Å²) in [5, 5.41) is 0. The minimum atomic E-state index is 0.724. The van der Waals surface area contributed by atoms with Crippen LogP contribution in [0.2, 0.25) is 0 Å². The zero-order chi connectivity index (χ0) is 13.7. The Morgan fingerprint density at radius 1 is 1.16 bits per heavy atom. The third-order valence-corrected chi connectivity index (χ3v) is 4.15. The summed E-state index contributed by atoms with van der Waals surface area (Å²) in [5.74, 6) is 3.29. The number of methoxy groups -OCH3 is 1. The maximum atomic E-state index is 5.83. The molecule has 0 saturated carbocycles. The molecule has 1 aromatic carbocycles. The SMILES string of the molecule is COc1ccccc1OCCN1CC[C@H](C)[C@@H](C)C1. The van der Waals surface area contributed by atoms with Gasteiger partial charge < -0.3 is 9.47 Å². The fourth-order valence-electron chi connectivity index (χ4n) is 2.58. The van der Waals surface area contributed by atoms with E-state index in [1.165, 1.54) is 19.5 Å². The molecule has 1 aliphatic rings. The summed E-state index contributed by atoms with van der Waals surface area (Å²) >= 11 is 0. The highest BCUT2D eigenvalue weighted by Crippen LogP contribution is 2.26. The van der Waals surface area contributed by atoms with Gasteiger partial charge in [0.05, 0.1) is 7.11 Å². The molecule has 0 aliphatic carbocycles. The second kappa shape index (κ2) is 6.80. The highest BCUT2D eigenvalue weighted by atomic mass is 16.5. The van der Waals surface area contributed by atoms with Gasteiger partial charge in [0.1, 0.15) is 6.61 Å². The maximum Gasteiger partial charge on any atom is 0.161 e. The highest BCUT2D eigenvalue weighted by Gasteiger charge is 2.22. The van der Waals surface area contributed by atoms with Crippen molar-refractivity contribution in [2.75, 3.05) is 33.4 Å². The Balaban J connectivity index is 1.77. The van der Waals surface area contributed by atoms with E-state index in [2.05, 4.69) is 18.7 Å². The van der Waals surface area contributed by atoms with Crippen molar-refractivity contribution >= 4 is 0 Å². The Kier molecular flexibility index (Phi) is 5.08. The van der Waals surface area contributed by atoms with Crippen LogP contribution in [-0.4, -0.2) is 38.3 Å². The third-order valence-electron chi connectivity index (χ3n) is 4.15. The first-order chi connectivity index (χ1) is 9.20. The first kappa shape index (κ1) is 14.2. The van der Waals surface area contributed by atoms with Crippen LogP contribution in [0.4, 0.5) is 0 Å². The number of benzene rings is 1. The minimum absolute atomic E-state index is 0.724. The molecule has 3 heteroatoms. The molecule has 1 aliphatic heterocycles. The molecule has 3 nitrogen and oxygen atoms in total. The van der Waals surface area contributed by atoms with Crippen LogP contribution in [0, 0.1) is 11.8 Å². The molecule has 2 rings (SSSR count). The van der Waals surface area contributed by atoms with Crippen LogP contribution in [0.15, 0.2) is 24.3 Å². The first-order valence-electron chi connectivity index (χ1n) is 7.19. The van der Waals surface area contributed by atoms with E-state index in [4.69, 9.17) is 9.47 Å². The number of likely N-dealkylation sites (tertiary alicyclic amines) is 1. The van der Waals surface area contributed by atoms with Crippen molar-refractivity contribution in [3.63, 3.8) is 0 Å². The second-order valence-electron chi connectivity index (χ2n) is 5.54. The summed E-state index contributed by atoms with van der Waals surface area (Å²) in [6.07, 6.45) is 1.30. The van der Waals surface area contributed by atoms with Gasteiger partial charge >= 0.3 is 0 Å². The van der Waals surface area contributed by atoms with E-state index in [0.717, 1.165) is 36.5 Å². The van der Waals surface area contributed by atoms with Gasteiger partial charge in [-0.1, -0.05) is 26.0 Å². The van der Waals surface area contributed by atoms with Crippen molar-refractivity contribution in [1.82, 2.24) is 4.90 Å². The van der Waals surface area contributed by atoms with Gasteiger partial charge in [0.25, 0.3) is 0 Å². The zero-order valence-electron chi connectivity index (χ0n) is 12.3. The van der Waals surface area contributed by atoms with E-state index >= 15 is 0 Å². The third kappa shape index (κ3) is 3.87. The van der Waals surface area contributed by atoms with Crippen molar-refractivity contribution in [2.45, 2.75) is 20.3 Å². The lowest BCUT2D eigenvalue weighted by Crippen LogP contribution is -2.40. The van der Waals surface area contributed by atoms with Crippen molar-refractivity contribution < 1.29 is 9.47 Å². The Hall–Kier alpha value is -1.22. The fourth-order valence-corrected chi connectivity index (χ4v) is 2.58. The summed E-state index contributed by atoms with van der Waals surface area (Å²) < 4.78 is 11.1. The molecule has 1 heterocycles. The molecule has 1 aromatic rings. The smallest absolute Gasteiger partial charge is 0.161 e. The van der Waals surface area contributed by atoms with Crippen molar-refractivity contribution in [2.24, 2.45) is 11.8 Å². The van der Waals surface area contributed by atoms with Crippen LogP contribution >= 0.6 is 0 Å². The molecule has 0 spiro atoms. The quantitative estimate of drug-likeness (QED) is 0.815. The topological polar surface area (TPSA) is 21.7 Å². The molecule has 2 atom stereocenters. The largest absolute Gasteiger partial charge is 0.493 e. The van der Waals surface area contributed by atoms with Gasteiger partial charge in [-0.25, -0.2) is 0 Å². The van der Waals surface area contributed by atoms with Gasteiger partial charge in [0, 0.05) is 13.1 Å². The lowest BCUT2D eigenvalue weighted by Gasteiger charge is -2.35. The fraction of sp³-hybridized carbons (Fsp3) is 0.625. The number of para-hydroxylation sites is 2. The predicted octanol–water partition coefficient (Wildman–Crippen LogP) is 3.05. The van der Waals surface area contributed by atoms with Crippen LogP contribution < -0.4 is 9.47 Å². The lowest BCUT2D eigenvalue weighted by molar-refractivity contribution is 0.119. The predicted molar refractivity (Wildman–Crippen MR) is 77.9 cm³/mol. The number of piperidine rings is 1. The summed E-state index contributed by atoms with van der Waals surface area (Å²) in [6.45, 7) is 8.80. The molecule has 106 valence electrons. The Morgan fingerprint density at radius 3 is 2.58 bits per heavy atom. The number of ether oxygens (including phenoxy) is 2. The Bertz CT molecular complexity index is 394. The molecule has 0 unspecified atom stereocenters. The second-order valence-corrected chi connectivity index (χ2v) is 5.54. The normalized spacial score (nSPS) is 24.2. The van der Waals surface area contributed by atoms with Gasteiger partial charge in [-0.3, -0.25) is 4.90 Å². The maximum absolute atomic E-state index is 5.83. The summed E-state index contributed by atoms with van der Waals surface area (Å²) in [6, 6.07) is 7.82. The van der Waals surface area contributed by atoms with Gasteiger partial charge in [-0.2, -0.15) is 0 Å². The lowest BCUT2D eigenvalue weighted by atomic mass is 9.89. The number of nitrogens with zero attached hydrogens (tertiary/aromatic N) is 1. The zero-order valence-corrected chi connectivity index (χ0v) is 12.3. The first-order valence-corrected chi connectivity index (χ1v) is 7.19. The highest BCUT2D eigenvalue weighted by molar-refractivity contribution is 5.39. The van der Waals surface area contributed by atoms with Crippen molar-refractivity contribution in [3.05, 3.63) is 24.3 Å². The molecule has 0 bridgehead atoms. The Labute approximate surface area is 116 Å². The van der Waals surface area contributed by atoms with E-state index < -0.39 is 0 Å². The molecular weight excluding hydrogens is 238 g/mol. The number of hydrogen-bond acceptors (Lipinski definition) is 3. The van der Waals surface area contributed by atoms with E-state index in [-0.39, 0.29) is 0 Å². The summed E-state index contributed by atoms with van der Waals surface area (Å²) in [7, 11) is 1.68. The van der Waals surface area contributed by atoms with Gasteiger partial charge in [0.15, 0.2) is 11.5 Å². The monoisotopic (exact) mass is 263 g/mol. The Morgan fingerprint density at radius 2 is 1.89 bits per heavy atom. The van der Waals surface area contributed by atoms with E-state index in [0.29, 0.717) is 0 Å². The minimum Gasteiger partial charge on any atom is -0.493 e. The van der Waals surface area contributed by atoms with E-state index in [1.54, 1.807) is 7.11 Å². The number of hydrogen-bond donors (Lipinski definition) is 0. The van der Waals surface area contributed by atoms with Crippen molar-refractivity contribution in [3.8, 4) is 11.5 Å². The van der Waals surface area contributed by atoms with Crippen LogP contribution in [0.25, 0.3) is 0 Å². The van der Waals surface area contributed by atoms with Crippen LogP contribution in [-0.2, 0) is 0 Å². The average molecular weight is 263 g/mol. The van der Waals surface area contributed by atoms with Gasteiger partial charge in [-0.05, 0) is 36.9 Å². The molecule has 0 radical (unpaired) electrons. The van der Waals surface area contributed by atoms with Gasteiger partial charge in [-0.15, -0.1) is 0 Å². The van der Waals surface area contributed by atoms with Crippen LogP contribution in [0.5, 0.6) is 11.5 Å². The van der Waals surface area contributed by atoms with Crippen LogP contribution in [0.1, 0.15) is 20.3 Å². The van der Waals surface area contributed by atoms with Gasteiger partial charge in [0.2, 0.25) is 0 Å². The summed E-state index contributed by atoms with van der Waals surface area (Å²) in [4.78, 5) is 2.50. The molecular formula is C16H25NO2. The number of rotatable bonds is 5. The summed E-state index contributed by atoms with van der Waals surface area (Å²) in [5.41, 5.74) is 0. The van der Waals surface area contributed by atoms with Crippen molar-refractivity contribution in [1.29, 1.82) is 0 Å². The molecule has 19 heavy (non-hydrogen) atoms. The van der Waals surface area contributed by atoms with E-state index in [9.17, 15) is 0 Å². The molecule has 1 saturated heterocycles. The molecule has 0 N–H and O–H groups in total.